The van der Waals surface area contributed by atoms with Crippen molar-refractivity contribution in [1.29, 1.82) is 0 Å². The number of carbonyl (C=O) groups excluding carboxylic acids is 1. The third kappa shape index (κ3) is 4.35. The molecule has 182 valence electrons. The number of imidazole rings is 1. The summed E-state index contributed by atoms with van der Waals surface area (Å²) in [4.78, 5) is 30.9. The number of amides is 2. The summed E-state index contributed by atoms with van der Waals surface area (Å²) in [6.07, 6.45) is 2.31. The van der Waals surface area contributed by atoms with Crippen molar-refractivity contribution in [2.75, 3.05) is 26.8 Å². The number of rotatable bonds is 6. The Labute approximate surface area is 202 Å². The molecule has 9 nitrogen and oxygen atoms in total. The van der Waals surface area contributed by atoms with E-state index in [9.17, 15) is 9.59 Å². The summed E-state index contributed by atoms with van der Waals surface area (Å²) in [6, 6.07) is 13.8. The smallest absolute Gasteiger partial charge is 0.404 e. The van der Waals surface area contributed by atoms with Crippen molar-refractivity contribution in [3.05, 3.63) is 59.9 Å². The molecule has 9 heteroatoms. The van der Waals surface area contributed by atoms with E-state index in [0.29, 0.717) is 37.5 Å². The van der Waals surface area contributed by atoms with Crippen LogP contribution in [-0.2, 0) is 11.3 Å². The van der Waals surface area contributed by atoms with Gasteiger partial charge in [0, 0.05) is 61.1 Å². The lowest BCUT2D eigenvalue weighted by Gasteiger charge is -2.32. The molecular formula is C26H29N5O4. The van der Waals surface area contributed by atoms with Crippen molar-refractivity contribution in [2.45, 2.75) is 32.4 Å². The van der Waals surface area contributed by atoms with Crippen LogP contribution >= 0.6 is 0 Å². The Hall–Kier alpha value is -3.85. The summed E-state index contributed by atoms with van der Waals surface area (Å²) in [7, 11) is 1.70. The lowest BCUT2D eigenvalue weighted by atomic mass is 10.0. The number of carboxylic acid groups (broad SMARTS) is 1. The molecule has 4 heterocycles. The number of pyridine rings is 1. The maximum Gasteiger partial charge on any atom is 0.404 e. The third-order valence-corrected chi connectivity index (χ3v) is 6.72. The summed E-state index contributed by atoms with van der Waals surface area (Å²) in [5, 5.41) is 12.7. The van der Waals surface area contributed by atoms with Gasteiger partial charge in [-0.15, -0.1) is 0 Å². The van der Waals surface area contributed by atoms with Crippen molar-refractivity contribution >= 4 is 28.6 Å². The molecule has 0 bridgehead atoms. The zero-order chi connectivity index (χ0) is 24.5. The highest BCUT2D eigenvalue weighted by Crippen LogP contribution is 2.31. The fraction of sp³-hybridized carbons (Fsp3) is 0.346. The molecule has 5 rings (SSSR count). The van der Waals surface area contributed by atoms with Crippen LogP contribution in [0.4, 0.5) is 4.79 Å². The second-order valence-electron chi connectivity index (χ2n) is 8.96. The summed E-state index contributed by atoms with van der Waals surface area (Å²) in [6.45, 7) is 4.30. The molecule has 0 spiro atoms. The Morgan fingerprint density at radius 3 is 2.86 bits per heavy atom. The van der Waals surface area contributed by atoms with Crippen LogP contribution in [-0.4, -0.2) is 68.8 Å². The van der Waals surface area contributed by atoms with Gasteiger partial charge in [-0.3, -0.25) is 4.79 Å². The van der Waals surface area contributed by atoms with Gasteiger partial charge >= 0.3 is 6.09 Å². The summed E-state index contributed by atoms with van der Waals surface area (Å²) in [5.41, 5.74) is 5.24. The molecule has 1 aliphatic rings. The maximum atomic E-state index is 13.2. The number of methoxy groups -OCH3 is 1. The minimum atomic E-state index is -1.06. The summed E-state index contributed by atoms with van der Waals surface area (Å²) < 4.78 is 9.57. The van der Waals surface area contributed by atoms with Crippen LogP contribution in [0.15, 0.2) is 48.7 Å². The third-order valence-electron chi connectivity index (χ3n) is 6.72. The number of fused-ring (bicyclic) bond motifs is 2. The lowest BCUT2D eigenvalue weighted by molar-refractivity contribution is 0.0692. The minimum Gasteiger partial charge on any atom is -0.465 e. The zero-order valence-corrected chi connectivity index (χ0v) is 19.9. The van der Waals surface area contributed by atoms with Crippen LogP contribution in [0.2, 0.25) is 0 Å². The highest BCUT2D eigenvalue weighted by molar-refractivity contribution is 5.95. The summed E-state index contributed by atoms with van der Waals surface area (Å²) >= 11 is 0. The van der Waals surface area contributed by atoms with E-state index >= 15 is 0 Å². The Morgan fingerprint density at radius 1 is 1.23 bits per heavy atom. The van der Waals surface area contributed by atoms with Crippen LogP contribution in [0.5, 0.6) is 0 Å². The van der Waals surface area contributed by atoms with Gasteiger partial charge in [0.1, 0.15) is 11.3 Å². The fourth-order valence-corrected chi connectivity index (χ4v) is 5.01. The second-order valence-corrected chi connectivity index (χ2v) is 8.96. The van der Waals surface area contributed by atoms with Crippen molar-refractivity contribution in [2.24, 2.45) is 0 Å². The van der Waals surface area contributed by atoms with Gasteiger partial charge in [-0.1, -0.05) is 18.2 Å². The predicted molar refractivity (Wildman–Crippen MR) is 133 cm³/mol. The Balaban J connectivity index is 1.49. The molecule has 1 saturated heterocycles. The van der Waals surface area contributed by atoms with Crippen molar-refractivity contribution < 1.29 is 19.4 Å². The van der Waals surface area contributed by atoms with Crippen molar-refractivity contribution in [3.63, 3.8) is 0 Å². The maximum absolute atomic E-state index is 13.2. The first-order valence-corrected chi connectivity index (χ1v) is 11.8. The first-order valence-electron chi connectivity index (χ1n) is 11.8. The van der Waals surface area contributed by atoms with Gasteiger partial charge in [-0.05, 0) is 44.0 Å². The topological polar surface area (TPSA) is 101 Å². The molecule has 3 aromatic heterocycles. The highest BCUT2D eigenvalue weighted by atomic mass is 16.5. The quantitative estimate of drug-likeness (QED) is 0.442. The van der Waals surface area contributed by atoms with Gasteiger partial charge in [-0.2, -0.15) is 0 Å². The van der Waals surface area contributed by atoms with E-state index < -0.39 is 6.09 Å². The van der Waals surface area contributed by atoms with E-state index in [2.05, 4.69) is 28.1 Å². The molecule has 0 radical (unpaired) electrons. The van der Waals surface area contributed by atoms with Gasteiger partial charge in [0.2, 0.25) is 0 Å². The number of nitrogens with zero attached hydrogens (tertiary/aromatic N) is 4. The SMILES string of the molecule is COCCn1c(-c2nc3cc(C(=O)N4CCC[C@@H](NC(=O)O)C4)ccn3c2C)cc2ccccc21. The van der Waals surface area contributed by atoms with Crippen LogP contribution in [0.3, 0.4) is 0 Å². The molecule has 2 amide bonds. The van der Waals surface area contributed by atoms with E-state index in [4.69, 9.17) is 14.8 Å². The Morgan fingerprint density at radius 2 is 2.06 bits per heavy atom. The van der Waals surface area contributed by atoms with E-state index in [1.807, 2.05) is 41.8 Å². The van der Waals surface area contributed by atoms with Crippen LogP contribution in [0, 0.1) is 6.92 Å². The van der Waals surface area contributed by atoms with Gasteiger partial charge in [-0.25, -0.2) is 9.78 Å². The number of piperidine rings is 1. The number of nitrogens with one attached hydrogen (secondary N) is 1. The molecule has 0 saturated carbocycles. The monoisotopic (exact) mass is 475 g/mol. The highest BCUT2D eigenvalue weighted by Gasteiger charge is 2.26. The first-order chi connectivity index (χ1) is 17.0. The number of benzene rings is 1. The van der Waals surface area contributed by atoms with Gasteiger partial charge in [0.05, 0.1) is 12.3 Å². The van der Waals surface area contributed by atoms with E-state index in [0.717, 1.165) is 40.8 Å². The zero-order valence-electron chi connectivity index (χ0n) is 19.9. The molecule has 1 aromatic carbocycles. The minimum absolute atomic E-state index is 0.110. The molecular weight excluding hydrogens is 446 g/mol. The molecule has 0 aliphatic carbocycles. The number of carbonyl (C=O) groups is 2. The molecule has 0 unspecified atom stereocenters. The normalized spacial score (nSPS) is 16.2. The predicted octanol–water partition coefficient (Wildman–Crippen LogP) is 3.78. The number of para-hydroxylation sites is 1. The molecule has 1 fully saturated rings. The van der Waals surface area contributed by atoms with Crippen molar-refractivity contribution in [1.82, 2.24) is 24.2 Å². The van der Waals surface area contributed by atoms with E-state index in [1.54, 1.807) is 12.0 Å². The standard InChI is InChI=1S/C26H29N5O4/c1-17-24(22-14-18-6-3-4-8-21(18)31(22)12-13-35-2)28-23-15-19(9-11-30(17)23)25(32)29-10-5-7-20(16-29)27-26(33)34/h3-4,6,8-9,11,14-15,20,27H,5,7,10,12-13,16H2,1-2H3,(H,33,34)/t20-/m1/s1. The lowest BCUT2D eigenvalue weighted by Crippen LogP contribution is -2.49. The summed E-state index contributed by atoms with van der Waals surface area (Å²) in [5.74, 6) is -0.110. The molecule has 2 N–H and O–H groups in total. The number of hydrogen-bond donors (Lipinski definition) is 2. The van der Waals surface area contributed by atoms with Gasteiger partial charge < -0.3 is 29.0 Å². The van der Waals surface area contributed by atoms with Gasteiger partial charge in [0.25, 0.3) is 5.91 Å². The van der Waals surface area contributed by atoms with Crippen LogP contribution in [0.1, 0.15) is 28.9 Å². The molecule has 1 aliphatic heterocycles. The average molecular weight is 476 g/mol. The number of aryl methyl sites for hydroxylation is 1. The van der Waals surface area contributed by atoms with Gasteiger partial charge in [0.15, 0.2) is 0 Å². The average Bonchev–Trinajstić information content (AvgIpc) is 3.38. The van der Waals surface area contributed by atoms with E-state index in [-0.39, 0.29) is 11.9 Å². The Kier molecular flexibility index (Phi) is 6.17. The Bertz CT molecular complexity index is 1410. The number of ether oxygens (including phenoxy) is 1. The van der Waals surface area contributed by atoms with Crippen LogP contribution < -0.4 is 5.32 Å². The second kappa shape index (κ2) is 9.42. The van der Waals surface area contributed by atoms with E-state index in [1.165, 1.54) is 0 Å². The largest absolute Gasteiger partial charge is 0.465 e. The van der Waals surface area contributed by atoms with Crippen LogP contribution in [0.25, 0.3) is 27.9 Å². The number of hydrogen-bond acceptors (Lipinski definition) is 4. The van der Waals surface area contributed by atoms with Crippen molar-refractivity contribution in [3.8, 4) is 11.4 Å². The molecule has 1 atom stereocenters. The number of likely N-dealkylation sites (tertiary alicyclic amines) is 1. The fourth-order valence-electron chi connectivity index (χ4n) is 5.01. The number of aromatic nitrogens is 3. The first kappa shape index (κ1) is 22.9. The molecule has 4 aromatic rings. The molecule has 35 heavy (non-hydrogen) atoms.